The van der Waals surface area contributed by atoms with Gasteiger partial charge in [-0.05, 0) is 25.1 Å². The summed E-state index contributed by atoms with van der Waals surface area (Å²) in [4.78, 5) is 11.2. The van der Waals surface area contributed by atoms with Crippen LogP contribution >= 0.6 is 0 Å². The first-order valence-electron chi connectivity index (χ1n) is 4.23. The van der Waals surface area contributed by atoms with Gasteiger partial charge in [0.15, 0.2) is 0 Å². The van der Waals surface area contributed by atoms with Crippen molar-refractivity contribution in [2.24, 2.45) is 0 Å². The van der Waals surface area contributed by atoms with Crippen LogP contribution in [0.15, 0.2) is 18.2 Å². The molecule has 0 unspecified atom stereocenters. The van der Waals surface area contributed by atoms with Crippen molar-refractivity contribution in [1.82, 2.24) is 0 Å². The molecule has 1 rings (SSSR count). The SMILES string of the molecule is CCOc1ccc(O)c(C(=O)OC)c1. The Morgan fingerprint density at radius 3 is 2.79 bits per heavy atom. The summed E-state index contributed by atoms with van der Waals surface area (Å²) in [5, 5.41) is 9.35. The molecule has 0 aliphatic rings. The van der Waals surface area contributed by atoms with E-state index in [9.17, 15) is 9.90 Å². The second-order valence-corrected chi connectivity index (χ2v) is 2.60. The number of carbonyl (C=O) groups excluding carboxylic acids is 1. The first kappa shape index (κ1) is 10.4. The molecule has 0 saturated heterocycles. The maximum atomic E-state index is 11.2. The molecule has 0 amide bonds. The highest BCUT2D eigenvalue weighted by Crippen LogP contribution is 2.23. The second-order valence-electron chi connectivity index (χ2n) is 2.60. The summed E-state index contributed by atoms with van der Waals surface area (Å²) in [6, 6.07) is 4.44. The Balaban J connectivity index is 3.01. The first-order valence-corrected chi connectivity index (χ1v) is 4.23. The molecule has 1 aromatic rings. The Bertz CT molecular complexity index is 333. The third kappa shape index (κ3) is 2.16. The monoisotopic (exact) mass is 196 g/mol. The largest absolute Gasteiger partial charge is 0.507 e. The van der Waals surface area contributed by atoms with E-state index in [0.29, 0.717) is 12.4 Å². The van der Waals surface area contributed by atoms with Crippen LogP contribution in [0.4, 0.5) is 0 Å². The van der Waals surface area contributed by atoms with Crippen molar-refractivity contribution in [3.8, 4) is 11.5 Å². The van der Waals surface area contributed by atoms with Crippen LogP contribution in [-0.4, -0.2) is 24.8 Å². The molecule has 4 nitrogen and oxygen atoms in total. The molecule has 0 radical (unpaired) electrons. The summed E-state index contributed by atoms with van der Waals surface area (Å²) >= 11 is 0. The molecule has 14 heavy (non-hydrogen) atoms. The van der Waals surface area contributed by atoms with Crippen LogP contribution in [0.25, 0.3) is 0 Å². The topological polar surface area (TPSA) is 55.8 Å². The number of carbonyl (C=O) groups is 1. The standard InChI is InChI=1S/C10H12O4/c1-3-14-7-4-5-9(11)8(6-7)10(12)13-2/h4-6,11H,3H2,1-2H3. The third-order valence-corrected chi connectivity index (χ3v) is 1.68. The summed E-state index contributed by atoms with van der Waals surface area (Å²) in [6.07, 6.45) is 0. The number of methoxy groups -OCH3 is 1. The fourth-order valence-corrected chi connectivity index (χ4v) is 1.05. The Kier molecular flexibility index (Phi) is 3.34. The average Bonchev–Trinajstić information content (AvgIpc) is 2.20. The highest BCUT2D eigenvalue weighted by molar-refractivity contribution is 5.92. The van der Waals surface area contributed by atoms with E-state index in [1.807, 2.05) is 6.92 Å². The molecule has 0 spiro atoms. The van der Waals surface area contributed by atoms with Crippen LogP contribution in [0.3, 0.4) is 0 Å². The smallest absolute Gasteiger partial charge is 0.341 e. The molecule has 0 saturated carbocycles. The zero-order valence-electron chi connectivity index (χ0n) is 8.11. The van der Waals surface area contributed by atoms with Crippen molar-refractivity contribution >= 4 is 5.97 Å². The van der Waals surface area contributed by atoms with Crippen LogP contribution in [0.5, 0.6) is 11.5 Å². The third-order valence-electron chi connectivity index (χ3n) is 1.68. The summed E-state index contributed by atoms with van der Waals surface area (Å²) in [5.41, 5.74) is 0.110. The number of ether oxygens (including phenoxy) is 2. The first-order chi connectivity index (χ1) is 6.69. The van der Waals surface area contributed by atoms with Gasteiger partial charge >= 0.3 is 5.97 Å². The number of rotatable bonds is 3. The van der Waals surface area contributed by atoms with Crippen molar-refractivity contribution < 1.29 is 19.4 Å². The Morgan fingerprint density at radius 2 is 2.21 bits per heavy atom. The van der Waals surface area contributed by atoms with E-state index in [0.717, 1.165) is 0 Å². The molecule has 4 heteroatoms. The van der Waals surface area contributed by atoms with Gasteiger partial charge in [-0.25, -0.2) is 4.79 Å². The molecule has 0 atom stereocenters. The summed E-state index contributed by atoms with van der Waals surface area (Å²) < 4.78 is 9.67. The number of hydrogen-bond donors (Lipinski definition) is 1. The maximum absolute atomic E-state index is 11.2. The lowest BCUT2D eigenvalue weighted by Crippen LogP contribution is -2.02. The van der Waals surface area contributed by atoms with Gasteiger partial charge < -0.3 is 14.6 Å². The molecule has 0 fully saturated rings. The molecular weight excluding hydrogens is 184 g/mol. The molecular formula is C10H12O4. The fraction of sp³-hybridized carbons (Fsp3) is 0.300. The van der Waals surface area contributed by atoms with E-state index in [1.54, 1.807) is 6.07 Å². The van der Waals surface area contributed by atoms with Crippen molar-refractivity contribution in [1.29, 1.82) is 0 Å². The van der Waals surface area contributed by atoms with E-state index >= 15 is 0 Å². The van der Waals surface area contributed by atoms with Crippen LogP contribution in [-0.2, 0) is 4.74 Å². The summed E-state index contributed by atoms with van der Waals surface area (Å²) in [7, 11) is 1.26. The minimum atomic E-state index is -0.580. The van der Waals surface area contributed by atoms with Crippen LogP contribution in [0.1, 0.15) is 17.3 Å². The lowest BCUT2D eigenvalue weighted by atomic mass is 10.2. The molecule has 0 aliphatic heterocycles. The zero-order valence-corrected chi connectivity index (χ0v) is 8.11. The Labute approximate surface area is 82.1 Å². The average molecular weight is 196 g/mol. The quantitative estimate of drug-likeness (QED) is 0.745. The molecule has 1 N–H and O–H groups in total. The number of phenolic OH excluding ortho intramolecular Hbond substituents is 1. The fourth-order valence-electron chi connectivity index (χ4n) is 1.05. The predicted octanol–water partition coefficient (Wildman–Crippen LogP) is 1.58. The predicted molar refractivity (Wildman–Crippen MR) is 50.6 cm³/mol. The van der Waals surface area contributed by atoms with E-state index in [2.05, 4.69) is 4.74 Å². The van der Waals surface area contributed by atoms with Crippen LogP contribution < -0.4 is 4.74 Å². The maximum Gasteiger partial charge on any atom is 0.341 e. The van der Waals surface area contributed by atoms with Crippen molar-refractivity contribution in [3.05, 3.63) is 23.8 Å². The number of phenols is 1. The van der Waals surface area contributed by atoms with E-state index in [4.69, 9.17) is 4.74 Å². The lowest BCUT2D eigenvalue weighted by molar-refractivity contribution is 0.0597. The molecule has 0 aromatic heterocycles. The van der Waals surface area contributed by atoms with Gasteiger partial charge in [-0.2, -0.15) is 0 Å². The van der Waals surface area contributed by atoms with Gasteiger partial charge in [0, 0.05) is 0 Å². The van der Waals surface area contributed by atoms with Gasteiger partial charge in [-0.15, -0.1) is 0 Å². The summed E-state index contributed by atoms with van der Waals surface area (Å²) in [6.45, 7) is 2.34. The van der Waals surface area contributed by atoms with Crippen molar-refractivity contribution in [2.75, 3.05) is 13.7 Å². The Morgan fingerprint density at radius 1 is 1.50 bits per heavy atom. The van der Waals surface area contributed by atoms with E-state index < -0.39 is 5.97 Å². The lowest BCUT2D eigenvalue weighted by Gasteiger charge is -2.06. The van der Waals surface area contributed by atoms with E-state index in [1.165, 1.54) is 19.2 Å². The number of aromatic hydroxyl groups is 1. The van der Waals surface area contributed by atoms with Gasteiger partial charge in [0.05, 0.1) is 13.7 Å². The molecule has 0 aliphatic carbocycles. The normalized spacial score (nSPS) is 9.57. The van der Waals surface area contributed by atoms with Gasteiger partial charge in [-0.3, -0.25) is 0 Å². The van der Waals surface area contributed by atoms with Gasteiger partial charge in [0.25, 0.3) is 0 Å². The highest BCUT2D eigenvalue weighted by Gasteiger charge is 2.12. The Hall–Kier alpha value is -1.71. The van der Waals surface area contributed by atoms with Crippen molar-refractivity contribution in [3.63, 3.8) is 0 Å². The van der Waals surface area contributed by atoms with Crippen LogP contribution in [0.2, 0.25) is 0 Å². The minimum absolute atomic E-state index is 0.110. The second kappa shape index (κ2) is 4.50. The molecule has 1 aromatic carbocycles. The molecule has 76 valence electrons. The molecule has 0 bridgehead atoms. The number of hydrogen-bond acceptors (Lipinski definition) is 4. The van der Waals surface area contributed by atoms with E-state index in [-0.39, 0.29) is 11.3 Å². The van der Waals surface area contributed by atoms with Gasteiger partial charge in [0.2, 0.25) is 0 Å². The molecule has 0 heterocycles. The highest BCUT2D eigenvalue weighted by atomic mass is 16.5. The zero-order chi connectivity index (χ0) is 10.6. The number of esters is 1. The van der Waals surface area contributed by atoms with Crippen LogP contribution in [0, 0.1) is 0 Å². The number of benzene rings is 1. The van der Waals surface area contributed by atoms with Gasteiger partial charge in [0.1, 0.15) is 17.1 Å². The van der Waals surface area contributed by atoms with Crippen molar-refractivity contribution in [2.45, 2.75) is 6.92 Å². The van der Waals surface area contributed by atoms with Gasteiger partial charge in [-0.1, -0.05) is 0 Å². The summed E-state index contributed by atoms with van der Waals surface area (Å²) in [5.74, 6) is -0.157. The minimum Gasteiger partial charge on any atom is -0.507 e.